The first-order valence-electron chi connectivity index (χ1n) is 11.2. The predicted octanol–water partition coefficient (Wildman–Crippen LogP) is -0.513. The average Bonchev–Trinajstić information content (AvgIpc) is 3.30. The van der Waals surface area contributed by atoms with Gasteiger partial charge in [-0.05, 0) is 17.7 Å². The number of fused-ring (bicyclic) bond motifs is 1. The van der Waals surface area contributed by atoms with Crippen molar-refractivity contribution in [3.8, 4) is 11.5 Å². The summed E-state index contributed by atoms with van der Waals surface area (Å²) >= 11 is 0. The number of hydrogen-bond acceptors (Lipinski definition) is 13. The molecular formula is C23H28N2O12. The van der Waals surface area contributed by atoms with Crippen LogP contribution in [-0.4, -0.2) is 81.4 Å². The molecule has 1 saturated heterocycles. The van der Waals surface area contributed by atoms with Crippen LogP contribution in [0.3, 0.4) is 0 Å². The van der Waals surface area contributed by atoms with Gasteiger partial charge in [-0.15, -0.1) is 0 Å². The van der Waals surface area contributed by atoms with Crippen LogP contribution in [0.15, 0.2) is 18.2 Å². The van der Waals surface area contributed by atoms with E-state index in [4.69, 9.17) is 28.4 Å². The van der Waals surface area contributed by atoms with Gasteiger partial charge >= 0.3 is 23.9 Å². The first kappa shape index (κ1) is 27.7. The molecule has 1 fully saturated rings. The van der Waals surface area contributed by atoms with E-state index in [-0.39, 0.29) is 19.9 Å². The lowest BCUT2D eigenvalue weighted by Crippen LogP contribution is -2.63. The fourth-order valence-corrected chi connectivity index (χ4v) is 3.80. The van der Waals surface area contributed by atoms with Crippen LogP contribution in [0, 0.1) is 0 Å². The zero-order valence-corrected chi connectivity index (χ0v) is 20.6. The second kappa shape index (κ2) is 12.4. The fraction of sp³-hybridized carbons (Fsp3) is 0.522. The molecule has 5 atom stereocenters. The van der Waals surface area contributed by atoms with Crippen LogP contribution in [-0.2, 0) is 47.7 Å². The van der Waals surface area contributed by atoms with E-state index < -0.39 is 60.4 Å². The Hall–Kier alpha value is -3.91. The highest BCUT2D eigenvalue weighted by molar-refractivity contribution is 5.84. The van der Waals surface area contributed by atoms with Crippen LogP contribution in [0.1, 0.15) is 32.4 Å². The molecule has 0 aromatic heterocycles. The molecule has 37 heavy (non-hydrogen) atoms. The van der Waals surface area contributed by atoms with Gasteiger partial charge in [0.2, 0.25) is 12.7 Å². The fourth-order valence-electron chi connectivity index (χ4n) is 3.80. The zero-order valence-electron chi connectivity index (χ0n) is 20.6. The highest BCUT2D eigenvalue weighted by atomic mass is 16.7. The minimum Gasteiger partial charge on any atom is -0.468 e. The lowest BCUT2D eigenvalue weighted by Gasteiger charge is -2.40. The number of carbonyl (C=O) groups excluding carboxylic acids is 5. The predicted molar refractivity (Wildman–Crippen MR) is 120 cm³/mol. The topological polar surface area (TPSA) is 174 Å². The molecule has 1 amide bonds. The standard InChI is InChI=1S/C23H28N2O12/c1-11(26)35-17-9-32-23(21(37-13(3)28)20(17)36-12(2)27)25-22(30)19(24-8-18(29)31-4)14-5-6-15-16(7-14)34-10-33-15/h5-7,17,19-21,23-24H,8-10H2,1-4H3,(H,25,30)/t17-,19?,20-,21+,23-/m1/s1. The molecule has 3 rings (SSSR count). The molecule has 0 bridgehead atoms. The van der Waals surface area contributed by atoms with Gasteiger partial charge in [0, 0.05) is 20.8 Å². The van der Waals surface area contributed by atoms with Crippen molar-refractivity contribution in [2.24, 2.45) is 0 Å². The summed E-state index contributed by atoms with van der Waals surface area (Å²) in [4.78, 5) is 60.3. The summed E-state index contributed by atoms with van der Waals surface area (Å²) in [6.45, 7) is 2.84. The Kier molecular flexibility index (Phi) is 9.25. The van der Waals surface area contributed by atoms with Crippen molar-refractivity contribution in [1.29, 1.82) is 0 Å². The molecule has 0 saturated carbocycles. The van der Waals surface area contributed by atoms with E-state index in [2.05, 4.69) is 15.4 Å². The van der Waals surface area contributed by atoms with Crippen LogP contribution >= 0.6 is 0 Å². The van der Waals surface area contributed by atoms with Crippen molar-refractivity contribution in [3.63, 3.8) is 0 Å². The number of amides is 1. The van der Waals surface area contributed by atoms with Gasteiger partial charge in [-0.3, -0.25) is 29.3 Å². The van der Waals surface area contributed by atoms with E-state index in [9.17, 15) is 24.0 Å². The Morgan fingerprint density at radius 2 is 1.59 bits per heavy atom. The summed E-state index contributed by atoms with van der Waals surface area (Å²) in [5.74, 6) is -2.58. The summed E-state index contributed by atoms with van der Waals surface area (Å²) in [7, 11) is 1.20. The van der Waals surface area contributed by atoms with E-state index in [0.717, 1.165) is 20.8 Å². The third kappa shape index (κ3) is 7.30. The van der Waals surface area contributed by atoms with Crippen LogP contribution in [0.2, 0.25) is 0 Å². The first-order chi connectivity index (χ1) is 17.6. The summed E-state index contributed by atoms with van der Waals surface area (Å²) in [5, 5.41) is 5.40. The molecule has 1 aromatic rings. The Morgan fingerprint density at radius 1 is 0.946 bits per heavy atom. The van der Waals surface area contributed by atoms with Crippen molar-refractivity contribution in [2.75, 3.05) is 27.1 Å². The maximum absolute atomic E-state index is 13.4. The molecule has 1 unspecified atom stereocenters. The zero-order chi connectivity index (χ0) is 27.1. The summed E-state index contributed by atoms with van der Waals surface area (Å²) in [6.07, 6.45) is -5.03. The van der Waals surface area contributed by atoms with E-state index in [1.54, 1.807) is 18.2 Å². The van der Waals surface area contributed by atoms with Crippen LogP contribution in [0.4, 0.5) is 0 Å². The van der Waals surface area contributed by atoms with E-state index in [0.29, 0.717) is 17.1 Å². The van der Waals surface area contributed by atoms with E-state index in [1.165, 1.54) is 7.11 Å². The second-order valence-electron chi connectivity index (χ2n) is 8.06. The molecule has 202 valence electrons. The van der Waals surface area contributed by atoms with Gasteiger partial charge in [0.25, 0.3) is 0 Å². The average molecular weight is 524 g/mol. The Morgan fingerprint density at radius 3 is 2.24 bits per heavy atom. The molecule has 2 heterocycles. The maximum Gasteiger partial charge on any atom is 0.319 e. The number of carbonyl (C=O) groups is 5. The second-order valence-corrected chi connectivity index (χ2v) is 8.06. The van der Waals surface area contributed by atoms with Crippen molar-refractivity contribution in [1.82, 2.24) is 10.6 Å². The number of nitrogens with one attached hydrogen (secondary N) is 2. The Bertz CT molecular complexity index is 1040. The first-order valence-corrected chi connectivity index (χ1v) is 11.2. The van der Waals surface area contributed by atoms with Crippen LogP contribution < -0.4 is 20.1 Å². The summed E-state index contributed by atoms with van der Waals surface area (Å²) < 4.78 is 36.7. The number of ether oxygens (including phenoxy) is 7. The highest BCUT2D eigenvalue weighted by Crippen LogP contribution is 2.34. The summed E-state index contributed by atoms with van der Waals surface area (Å²) in [5.41, 5.74) is 0.417. The minimum absolute atomic E-state index is 0.0201. The van der Waals surface area contributed by atoms with Gasteiger partial charge in [0.15, 0.2) is 36.0 Å². The molecule has 1 aromatic carbocycles. The van der Waals surface area contributed by atoms with Crippen molar-refractivity contribution < 1.29 is 57.1 Å². The Balaban J connectivity index is 1.86. The quantitative estimate of drug-likeness (QED) is 0.312. The van der Waals surface area contributed by atoms with E-state index >= 15 is 0 Å². The summed E-state index contributed by atoms with van der Waals surface area (Å²) in [6, 6.07) is 3.66. The number of benzene rings is 1. The van der Waals surface area contributed by atoms with Crippen molar-refractivity contribution >= 4 is 29.8 Å². The highest BCUT2D eigenvalue weighted by Gasteiger charge is 2.48. The normalized spacial score (nSPS) is 22.8. The van der Waals surface area contributed by atoms with Crippen LogP contribution in [0.25, 0.3) is 0 Å². The SMILES string of the molecule is COC(=O)CNC(C(=O)N[C@@H]1OC[C@@H](OC(C)=O)[C@@H](OC(C)=O)[C@@H]1OC(C)=O)c1ccc2c(c1)OCO2. The molecular weight excluding hydrogens is 496 g/mol. The van der Waals surface area contributed by atoms with Gasteiger partial charge in [-0.2, -0.15) is 0 Å². The number of hydrogen-bond donors (Lipinski definition) is 2. The lowest BCUT2D eigenvalue weighted by molar-refractivity contribution is -0.230. The molecule has 2 aliphatic heterocycles. The third-order valence-corrected chi connectivity index (χ3v) is 5.30. The van der Waals surface area contributed by atoms with Gasteiger partial charge in [-0.1, -0.05) is 6.07 Å². The van der Waals surface area contributed by atoms with Crippen molar-refractivity contribution in [2.45, 2.75) is 51.4 Å². The molecule has 14 heteroatoms. The molecule has 0 spiro atoms. The lowest BCUT2D eigenvalue weighted by atomic mass is 10.0. The third-order valence-electron chi connectivity index (χ3n) is 5.30. The molecule has 14 nitrogen and oxygen atoms in total. The van der Waals surface area contributed by atoms with E-state index in [1.807, 2.05) is 0 Å². The number of methoxy groups -OCH3 is 1. The largest absolute Gasteiger partial charge is 0.468 e. The van der Waals surface area contributed by atoms with Gasteiger partial charge < -0.3 is 38.5 Å². The smallest absolute Gasteiger partial charge is 0.319 e. The van der Waals surface area contributed by atoms with Gasteiger partial charge in [0.05, 0.1) is 20.3 Å². The molecule has 0 radical (unpaired) electrons. The molecule has 2 N–H and O–H groups in total. The Labute approximate surface area is 211 Å². The monoisotopic (exact) mass is 524 g/mol. The maximum atomic E-state index is 13.4. The molecule has 2 aliphatic rings. The number of rotatable bonds is 9. The van der Waals surface area contributed by atoms with Crippen LogP contribution in [0.5, 0.6) is 11.5 Å². The van der Waals surface area contributed by atoms with Gasteiger partial charge in [-0.25, -0.2) is 0 Å². The molecule has 0 aliphatic carbocycles. The van der Waals surface area contributed by atoms with Crippen molar-refractivity contribution in [3.05, 3.63) is 23.8 Å². The van der Waals surface area contributed by atoms with Gasteiger partial charge in [0.1, 0.15) is 6.04 Å². The minimum atomic E-state index is -1.36. The number of esters is 4.